The normalized spacial score (nSPS) is 18.8. The Hall–Kier alpha value is -2.51. The first-order valence-electron chi connectivity index (χ1n) is 8.02. The molecule has 1 aliphatic heterocycles. The van der Waals surface area contributed by atoms with Crippen molar-refractivity contribution in [1.82, 2.24) is 25.2 Å². The van der Waals surface area contributed by atoms with Crippen molar-refractivity contribution in [3.8, 4) is 11.6 Å². The molecule has 124 valence electrons. The first kappa shape index (κ1) is 15.0. The third-order valence-corrected chi connectivity index (χ3v) is 4.05. The Kier molecular flexibility index (Phi) is 4.10. The van der Waals surface area contributed by atoms with E-state index in [1.165, 1.54) is 5.56 Å². The molecule has 3 heterocycles. The Labute approximate surface area is 139 Å². The van der Waals surface area contributed by atoms with Crippen LogP contribution in [0.4, 0.5) is 0 Å². The van der Waals surface area contributed by atoms with Crippen LogP contribution in [0.2, 0.25) is 0 Å². The smallest absolute Gasteiger partial charge is 0.278 e. The molecule has 24 heavy (non-hydrogen) atoms. The molecule has 0 amide bonds. The van der Waals surface area contributed by atoms with Crippen molar-refractivity contribution in [2.24, 2.45) is 0 Å². The minimum Gasteiger partial charge on any atom is -0.367 e. The molecule has 1 aliphatic rings. The fourth-order valence-corrected chi connectivity index (χ4v) is 2.84. The fourth-order valence-electron chi connectivity index (χ4n) is 2.84. The molecular weight excluding hydrogens is 306 g/mol. The molecule has 1 aromatic carbocycles. The maximum absolute atomic E-state index is 5.83. The molecule has 1 N–H and O–H groups in total. The second-order valence-corrected chi connectivity index (χ2v) is 5.97. The summed E-state index contributed by atoms with van der Waals surface area (Å²) in [5.41, 5.74) is 2.90. The maximum Gasteiger partial charge on any atom is 0.278 e. The lowest BCUT2D eigenvalue weighted by atomic mass is 10.2. The van der Waals surface area contributed by atoms with Gasteiger partial charge in [-0.2, -0.15) is 10.1 Å². The highest BCUT2D eigenvalue weighted by atomic mass is 16.5. The van der Waals surface area contributed by atoms with E-state index >= 15 is 0 Å². The van der Waals surface area contributed by atoms with Gasteiger partial charge < -0.3 is 9.26 Å². The van der Waals surface area contributed by atoms with Crippen molar-refractivity contribution in [3.05, 3.63) is 53.5 Å². The number of benzene rings is 1. The zero-order valence-electron chi connectivity index (χ0n) is 13.5. The molecule has 7 heteroatoms. The van der Waals surface area contributed by atoms with Gasteiger partial charge in [-0.25, -0.2) is 0 Å². The standard InChI is InChI=1S/C17H19N5O2/c1-12-9-14(20-19-12)17-18-16(21-24-17)15-11-22(7-8-23-15)10-13-5-3-2-4-6-13/h2-6,9,15H,7-8,10-11H2,1H3,(H,19,20). The molecule has 1 atom stereocenters. The molecule has 0 radical (unpaired) electrons. The van der Waals surface area contributed by atoms with Crippen molar-refractivity contribution < 1.29 is 9.26 Å². The highest BCUT2D eigenvalue weighted by molar-refractivity contribution is 5.46. The number of aromatic amines is 1. The number of morpholine rings is 1. The predicted octanol–water partition coefficient (Wildman–Crippen LogP) is 2.34. The van der Waals surface area contributed by atoms with Gasteiger partial charge in [0.25, 0.3) is 5.89 Å². The zero-order valence-corrected chi connectivity index (χ0v) is 13.5. The van der Waals surface area contributed by atoms with Crippen LogP contribution in [0.3, 0.4) is 0 Å². The van der Waals surface area contributed by atoms with Crippen LogP contribution in [0, 0.1) is 6.92 Å². The lowest BCUT2D eigenvalue weighted by Crippen LogP contribution is -2.38. The minimum atomic E-state index is -0.181. The second-order valence-electron chi connectivity index (χ2n) is 5.97. The Bertz CT molecular complexity index is 798. The van der Waals surface area contributed by atoms with Crippen LogP contribution < -0.4 is 0 Å². The van der Waals surface area contributed by atoms with E-state index in [2.05, 4.69) is 49.5 Å². The summed E-state index contributed by atoms with van der Waals surface area (Å²) in [6, 6.07) is 12.3. The van der Waals surface area contributed by atoms with Gasteiger partial charge in [-0.05, 0) is 18.6 Å². The number of nitrogens with one attached hydrogen (secondary N) is 1. The molecule has 0 spiro atoms. The highest BCUT2D eigenvalue weighted by Crippen LogP contribution is 2.23. The Morgan fingerprint density at radius 2 is 2.17 bits per heavy atom. The maximum atomic E-state index is 5.83. The first-order valence-corrected chi connectivity index (χ1v) is 8.02. The summed E-state index contributed by atoms with van der Waals surface area (Å²) < 4.78 is 11.2. The number of hydrogen-bond donors (Lipinski definition) is 1. The van der Waals surface area contributed by atoms with Gasteiger partial charge in [-0.3, -0.25) is 10.00 Å². The quantitative estimate of drug-likeness (QED) is 0.793. The molecule has 7 nitrogen and oxygen atoms in total. The number of rotatable bonds is 4. The van der Waals surface area contributed by atoms with Crippen molar-refractivity contribution in [1.29, 1.82) is 0 Å². The van der Waals surface area contributed by atoms with Crippen LogP contribution in [-0.2, 0) is 11.3 Å². The Morgan fingerprint density at radius 3 is 2.96 bits per heavy atom. The van der Waals surface area contributed by atoms with E-state index in [4.69, 9.17) is 9.26 Å². The van der Waals surface area contributed by atoms with E-state index < -0.39 is 0 Å². The van der Waals surface area contributed by atoms with Gasteiger partial charge in [-0.15, -0.1) is 0 Å². The van der Waals surface area contributed by atoms with E-state index in [9.17, 15) is 0 Å². The van der Waals surface area contributed by atoms with Gasteiger partial charge in [0.05, 0.1) is 6.61 Å². The third kappa shape index (κ3) is 3.22. The number of nitrogens with zero attached hydrogens (tertiary/aromatic N) is 4. The molecule has 1 unspecified atom stereocenters. The van der Waals surface area contributed by atoms with Crippen molar-refractivity contribution in [2.45, 2.75) is 19.6 Å². The lowest BCUT2D eigenvalue weighted by molar-refractivity contribution is -0.0380. The first-order chi connectivity index (χ1) is 11.8. The molecular formula is C17H19N5O2. The van der Waals surface area contributed by atoms with Gasteiger partial charge in [0.2, 0.25) is 5.82 Å². The molecule has 0 bridgehead atoms. The summed E-state index contributed by atoms with van der Waals surface area (Å²) in [5.74, 6) is 0.988. The SMILES string of the molecule is Cc1cc(-c2nc(C3CN(Cc4ccccc4)CCO3)no2)n[nH]1. The van der Waals surface area contributed by atoms with Crippen molar-refractivity contribution in [3.63, 3.8) is 0 Å². The molecule has 4 rings (SSSR count). The highest BCUT2D eigenvalue weighted by Gasteiger charge is 2.26. The number of aryl methyl sites for hydroxylation is 1. The average Bonchev–Trinajstić information content (AvgIpc) is 3.25. The number of aromatic nitrogens is 4. The summed E-state index contributed by atoms with van der Waals surface area (Å²) in [6.07, 6.45) is -0.181. The number of H-pyrrole nitrogens is 1. The average molecular weight is 325 g/mol. The molecule has 1 fully saturated rings. The summed E-state index contributed by atoms with van der Waals surface area (Å²) in [6.45, 7) is 5.12. The van der Waals surface area contributed by atoms with E-state index in [1.807, 2.05) is 19.1 Å². The monoisotopic (exact) mass is 325 g/mol. The fraction of sp³-hybridized carbons (Fsp3) is 0.353. The van der Waals surface area contributed by atoms with Crippen LogP contribution in [0.25, 0.3) is 11.6 Å². The van der Waals surface area contributed by atoms with Crippen molar-refractivity contribution >= 4 is 0 Å². The largest absolute Gasteiger partial charge is 0.367 e. The van der Waals surface area contributed by atoms with Crippen molar-refractivity contribution in [2.75, 3.05) is 19.7 Å². The summed E-state index contributed by atoms with van der Waals surface area (Å²) in [5, 5.41) is 11.1. The molecule has 0 saturated carbocycles. The van der Waals surface area contributed by atoms with Crippen LogP contribution in [-0.4, -0.2) is 44.9 Å². The predicted molar refractivity (Wildman–Crippen MR) is 87.0 cm³/mol. The topological polar surface area (TPSA) is 80.1 Å². The Balaban J connectivity index is 1.45. The van der Waals surface area contributed by atoms with Crippen LogP contribution in [0.5, 0.6) is 0 Å². The molecule has 1 saturated heterocycles. The summed E-state index contributed by atoms with van der Waals surface area (Å²) >= 11 is 0. The third-order valence-electron chi connectivity index (χ3n) is 4.05. The Morgan fingerprint density at radius 1 is 1.29 bits per heavy atom. The van der Waals surface area contributed by atoms with Crippen LogP contribution in [0.1, 0.15) is 23.2 Å². The second kappa shape index (κ2) is 6.54. The molecule has 2 aromatic heterocycles. The van der Waals surface area contributed by atoms with Gasteiger partial charge in [0.1, 0.15) is 6.10 Å². The van der Waals surface area contributed by atoms with Gasteiger partial charge in [0, 0.05) is 25.3 Å². The molecule has 0 aliphatic carbocycles. The van der Waals surface area contributed by atoms with Crippen LogP contribution in [0.15, 0.2) is 40.9 Å². The van der Waals surface area contributed by atoms with E-state index in [0.29, 0.717) is 24.0 Å². The lowest BCUT2D eigenvalue weighted by Gasteiger charge is -2.31. The molecule has 3 aromatic rings. The summed E-state index contributed by atoms with van der Waals surface area (Å²) in [4.78, 5) is 6.79. The van der Waals surface area contributed by atoms with Gasteiger partial charge in [0.15, 0.2) is 5.69 Å². The van der Waals surface area contributed by atoms with Gasteiger partial charge in [-0.1, -0.05) is 35.5 Å². The van der Waals surface area contributed by atoms with E-state index in [-0.39, 0.29) is 6.10 Å². The van der Waals surface area contributed by atoms with Gasteiger partial charge >= 0.3 is 0 Å². The van der Waals surface area contributed by atoms with Crippen LogP contribution >= 0.6 is 0 Å². The number of ether oxygens (including phenoxy) is 1. The van der Waals surface area contributed by atoms with E-state index in [0.717, 1.165) is 25.3 Å². The zero-order chi connectivity index (χ0) is 16.4. The number of hydrogen-bond acceptors (Lipinski definition) is 6. The minimum absolute atomic E-state index is 0.181. The summed E-state index contributed by atoms with van der Waals surface area (Å²) in [7, 11) is 0. The van der Waals surface area contributed by atoms with E-state index in [1.54, 1.807) is 0 Å².